The molecule has 0 fully saturated rings. The maximum absolute atomic E-state index is 13.8. The number of hydrogen-bond acceptors (Lipinski definition) is 3. The Morgan fingerprint density at radius 2 is 2.04 bits per heavy atom. The summed E-state index contributed by atoms with van der Waals surface area (Å²) in [6.45, 7) is 2.14. The Kier molecular flexibility index (Phi) is 5.87. The molecule has 0 radical (unpaired) electrons. The van der Waals surface area contributed by atoms with Gasteiger partial charge in [-0.05, 0) is 36.8 Å². The van der Waals surface area contributed by atoms with Gasteiger partial charge in [0.1, 0.15) is 0 Å². The van der Waals surface area contributed by atoms with Crippen molar-refractivity contribution in [2.24, 2.45) is 0 Å². The standard InChI is InChI=1S/C17H18FNO3S/c1-3-22-16-8-7-14(10-15(16)18)19-17(20)13-6-4-5-12(9-13)11-23(2)21/h4-10H,3,11H2,1-2H3,(H,19,20)/t23-/m1/s1. The number of hydrogen-bond donors (Lipinski definition) is 1. The van der Waals surface area contributed by atoms with Crippen LogP contribution in [0, 0.1) is 5.82 Å². The zero-order chi connectivity index (χ0) is 16.8. The van der Waals surface area contributed by atoms with Crippen LogP contribution in [0.25, 0.3) is 0 Å². The van der Waals surface area contributed by atoms with E-state index in [9.17, 15) is 13.4 Å². The van der Waals surface area contributed by atoms with Crippen molar-refractivity contribution in [2.45, 2.75) is 12.7 Å². The Morgan fingerprint density at radius 1 is 1.26 bits per heavy atom. The van der Waals surface area contributed by atoms with Crippen LogP contribution >= 0.6 is 0 Å². The molecular formula is C17H18FNO3S. The molecule has 1 N–H and O–H groups in total. The average Bonchev–Trinajstić information content (AvgIpc) is 2.50. The maximum Gasteiger partial charge on any atom is 0.255 e. The minimum absolute atomic E-state index is 0.151. The molecule has 2 aromatic carbocycles. The van der Waals surface area contributed by atoms with E-state index >= 15 is 0 Å². The normalized spacial score (nSPS) is 11.8. The Labute approximate surface area is 137 Å². The van der Waals surface area contributed by atoms with Crippen molar-refractivity contribution in [1.82, 2.24) is 0 Å². The monoisotopic (exact) mass is 335 g/mol. The third kappa shape index (κ3) is 4.89. The van der Waals surface area contributed by atoms with Crippen LogP contribution in [-0.2, 0) is 16.6 Å². The van der Waals surface area contributed by atoms with Crippen LogP contribution in [0.1, 0.15) is 22.8 Å². The third-order valence-corrected chi connectivity index (χ3v) is 3.79. The molecule has 0 bridgehead atoms. The number of amides is 1. The number of rotatable bonds is 6. The second-order valence-corrected chi connectivity index (χ2v) is 6.39. The number of benzene rings is 2. The molecule has 2 rings (SSSR count). The van der Waals surface area contributed by atoms with E-state index in [1.54, 1.807) is 37.4 Å². The van der Waals surface area contributed by atoms with Gasteiger partial charge in [-0.15, -0.1) is 0 Å². The molecule has 0 aliphatic carbocycles. The highest BCUT2D eigenvalue weighted by molar-refractivity contribution is 7.83. The van der Waals surface area contributed by atoms with Crippen molar-refractivity contribution in [3.63, 3.8) is 0 Å². The minimum Gasteiger partial charge on any atom is -0.491 e. The first-order valence-electron chi connectivity index (χ1n) is 7.12. The highest BCUT2D eigenvalue weighted by Gasteiger charge is 2.10. The predicted octanol–water partition coefficient (Wildman–Crippen LogP) is 3.36. The zero-order valence-corrected chi connectivity index (χ0v) is 13.8. The van der Waals surface area contributed by atoms with Gasteiger partial charge < -0.3 is 10.1 Å². The molecule has 0 aliphatic rings. The van der Waals surface area contributed by atoms with Gasteiger partial charge in [-0.25, -0.2) is 4.39 Å². The summed E-state index contributed by atoms with van der Waals surface area (Å²) in [4.78, 5) is 12.2. The van der Waals surface area contributed by atoms with Crippen molar-refractivity contribution in [3.8, 4) is 5.75 Å². The molecule has 122 valence electrons. The van der Waals surface area contributed by atoms with Crippen LogP contribution in [-0.4, -0.2) is 23.0 Å². The lowest BCUT2D eigenvalue weighted by atomic mass is 10.1. The van der Waals surface area contributed by atoms with Crippen molar-refractivity contribution in [1.29, 1.82) is 0 Å². The summed E-state index contributed by atoms with van der Waals surface area (Å²) in [6.07, 6.45) is 1.61. The highest BCUT2D eigenvalue weighted by atomic mass is 32.2. The van der Waals surface area contributed by atoms with Crippen molar-refractivity contribution >= 4 is 22.4 Å². The van der Waals surface area contributed by atoms with E-state index in [4.69, 9.17) is 4.74 Å². The Balaban J connectivity index is 2.12. The summed E-state index contributed by atoms with van der Waals surface area (Å²) >= 11 is 0. The van der Waals surface area contributed by atoms with E-state index in [0.717, 1.165) is 5.56 Å². The van der Waals surface area contributed by atoms with Gasteiger partial charge in [-0.1, -0.05) is 12.1 Å². The Hall–Kier alpha value is -2.21. The first-order valence-corrected chi connectivity index (χ1v) is 8.85. The summed E-state index contributed by atoms with van der Waals surface area (Å²) < 4.78 is 30.2. The minimum atomic E-state index is -0.979. The van der Waals surface area contributed by atoms with Gasteiger partial charge >= 0.3 is 0 Å². The molecule has 0 aliphatic heterocycles. The summed E-state index contributed by atoms with van der Waals surface area (Å²) in [6, 6.07) is 11.2. The van der Waals surface area contributed by atoms with Gasteiger partial charge in [0, 0.05) is 40.1 Å². The molecule has 1 atom stereocenters. The Bertz CT molecular complexity index is 734. The lowest BCUT2D eigenvalue weighted by Crippen LogP contribution is -2.12. The number of carbonyl (C=O) groups is 1. The molecular weight excluding hydrogens is 317 g/mol. The number of nitrogens with one attached hydrogen (secondary N) is 1. The summed E-state index contributed by atoms with van der Waals surface area (Å²) in [5.74, 6) is -0.339. The second kappa shape index (κ2) is 7.87. The molecule has 0 saturated carbocycles. The van der Waals surface area contributed by atoms with Crippen molar-refractivity contribution in [3.05, 3.63) is 59.4 Å². The fraction of sp³-hybridized carbons (Fsp3) is 0.235. The van der Waals surface area contributed by atoms with Gasteiger partial charge in [-0.2, -0.15) is 0 Å². The molecule has 6 heteroatoms. The first-order chi connectivity index (χ1) is 11.0. The summed E-state index contributed by atoms with van der Waals surface area (Å²) in [5.41, 5.74) is 1.60. The van der Waals surface area contributed by atoms with E-state index in [-0.39, 0.29) is 11.7 Å². The summed E-state index contributed by atoms with van der Waals surface area (Å²) in [7, 11) is -0.979. The van der Waals surface area contributed by atoms with E-state index in [1.807, 2.05) is 6.07 Å². The van der Waals surface area contributed by atoms with E-state index in [1.165, 1.54) is 12.1 Å². The quantitative estimate of drug-likeness (QED) is 0.881. The smallest absolute Gasteiger partial charge is 0.255 e. The van der Waals surface area contributed by atoms with Gasteiger partial charge in [0.2, 0.25) is 0 Å². The van der Waals surface area contributed by atoms with Gasteiger partial charge in [0.05, 0.1) is 6.61 Å². The average molecular weight is 335 g/mol. The molecule has 0 unspecified atom stereocenters. The van der Waals surface area contributed by atoms with E-state index in [2.05, 4.69) is 5.32 Å². The van der Waals surface area contributed by atoms with Gasteiger partial charge in [0.25, 0.3) is 5.91 Å². The second-order valence-electron chi connectivity index (χ2n) is 4.95. The van der Waals surface area contributed by atoms with Crippen LogP contribution in [0.4, 0.5) is 10.1 Å². The van der Waals surface area contributed by atoms with Crippen LogP contribution < -0.4 is 10.1 Å². The molecule has 1 amide bonds. The van der Waals surface area contributed by atoms with Crippen molar-refractivity contribution in [2.75, 3.05) is 18.2 Å². The fourth-order valence-corrected chi connectivity index (χ4v) is 2.74. The lowest BCUT2D eigenvalue weighted by molar-refractivity contribution is 0.102. The third-order valence-electron chi connectivity index (χ3n) is 3.05. The van der Waals surface area contributed by atoms with Crippen molar-refractivity contribution < 1.29 is 18.1 Å². The van der Waals surface area contributed by atoms with E-state index < -0.39 is 16.6 Å². The largest absolute Gasteiger partial charge is 0.491 e. The molecule has 0 aromatic heterocycles. The number of anilines is 1. The van der Waals surface area contributed by atoms with Gasteiger partial charge in [-0.3, -0.25) is 9.00 Å². The number of carbonyl (C=O) groups excluding carboxylic acids is 1. The zero-order valence-electron chi connectivity index (χ0n) is 13.0. The topological polar surface area (TPSA) is 55.4 Å². The predicted molar refractivity (Wildman–Crippen MR) is 89.7 cm³/mol. The van der Waals surface area contributed by atoms with Gasteiger partial charge in [0.15, 0.2) is 11.6 Å². The molecule has 4 nitrogen and oxygen atoms in total. The van der Waals surface area contributed by atoms with Crippen LogP contribution in [0.5, 0.6) is 5.75 Å². The summed E-state index contributed by atoms with van der Waals surface area (Å²) in [5, 5.41) is 2.64. The molecule has 2 aromatic rings. The highest BCUT2D eigenvalue weighted by Crippen LogP contribution is 2.21. The molecule has 0 heterocycles. The van der Waals surface area contributed by atoms with Crippen LogP contribution in [0.2, 0.25) is 0 Å². The maximum atomic E-state index is 13.8. The molecule has 0 spiro atoms. The van der Waals surface area contributed by atoms with Crippen LogP contribution in [0.15, 0.2) is 42.5 Å². The molecule has 23 heavy (non-hydrogen) atoms. The molecule has 0 saturated heterocycles. The fourth-order valence-electron chi connectivity index (χ4n) is 2.09. The van der Waals surface area contributed by atoms with E-state index in [0.29, 0.717) is 23.6 Å². The lowest BCUT2D eigenvalue weighted by Gasteiger charge is -2.09. The number of halogens is 1. The SMILES string of the molecule is CCOc1ccc(NC(=O)c2cccc(C[S@@](C)=O)c2)cc1F. The van der Waals surface area contributed by atoms with Crippen LogP contribution in [0.3, 0.4) is 0 Å². The number of ether oxygens (including phenoxy) is 1. The first kappa shape index (κ1) is 17.1. The Morgan fingerprint density at radius 3 is 2.70 bits per heavy atom.